The zero-order chi connectivity index (χ0) is 16.2. The maximum absolute atomic E-state index is 12.0. The molecule has 23 heavy (non-hydrogen) atoms. The maximum atomic E-state index is 12.0. The highest BCUT2D eigenvalue weighted by molar-refractivity contribution is 8.13. The van der Waals surface area contributed by atoms with Crippen LogP contribution in [0.4, 0.5) is 0 Å². The van der Waals surface area contributed by atoms with Gasteiger partial charge in [-0.15, -0.1) is 11.3 Å². The van der Waals surface area contributed by atoms with Crippen LogP contribution in [0.3, 0.4) is 0 Å². The number of benzene rings is 1. The number of thiophene rings is 1. The van der Waals surface area contributed by atoms with Gasteiger partial charge in [0.25, 0.3) is 5.91 Å². The number of hydrogen-bond acceptors (Lipinski definition) is 4. The van der Waals surface area contributed by atoms with Crippen molar-refractivity contribution < 1.29 is 4.79 Å². The second-order valence-corrected chi connectivity index (χ2v) is 6.93. The first kappa shape index (κ1) is 15.6. The fourth-order valence-corrected chi connectivity index (χ4v) is 3.72. The van der Waals surface area contributed by atoms with Crippen molar-refractivity contribution in [3.05, 3.63) is 52.9 Å². The monoisotopic (exact) mass is 344 g/mol. The van der Waals surface area contributed by atoms with Crippen molar-refractivity contribution >= 4 is 45.1 Å². The quantitative estimate of drug-likeness (QED) is 0.378. The average Bonchev–Trinajstić information content (AvgIpc) is 3.16. The number of nitrogens with one attached hydrogen (secondary N) is 2. The zero-order valence-electron chi connectivity index (χ0n) is 12.3. The van der Waals surface area contributed by atoms with E-state index >= 15 is 0 Å². The number of amidine groups is 1. The predicted octanol–water partition coefficient (Wildman–Crippen LogP) is 3.12. The summed E-state index contributed by atoms with van der Waals surface area (Å²) in [6, 6.07) is 11.7. The number of hydrogen-bond donors (Lipinski definition) is 3. The molecule has 0 radical (unpaired) electrons. The van der Waals surface area contributed by atoms with Crippen molar-refractivity contribution in [3.63, 3.8) is 0 Å². The molecule has 0 unspecified atom stereocenters. The third kappa shape index (κ3) is 3.57. The van der Waals surface area contributed by atoms with Gasteiger partial charge < -0.3 is 15.6 Å². The zero-order valence-corrected chi connectivity index (χ0v) is 13.9. The minimum atomic E-state index is -0.0465. The lowest BCUT2D eigenvalue weighted by molar-refractivity contribution is 0.0956. The van der Waals surface area contributed by atoms with Gasteiger partial charge in [0.05, 0.1) is 4.88 Å². The third-order valence-electron chi connectivity index (χ3n) is 3.36. The number of amides is 1. The minimum absolute atomic E-state index is 0.0465. The first-order chi connectivity index (χ1) is 11.1. The summed E-state index contributed by atoms with van der Waals surface area (Å²) in [6.07, 6.45) is 1.98. The van der Waals surface area contributed by atoms with Crippen molar-refractivity contribution in [2.45, 2.75) is 11.4 Å². The largest absolute Gasteiger partial charge is 0.378 e. The van der Waals surface area contributed by atoms with E-state index in [0.717, 1.165) is 20.7 Å². The van der Waals surface area contributed by atoms with Gasteiger partial charge in [-0.3, -0.25) is 10.2 Å². The summed E-state index contributed by atoms with van der Waals surface area (Å²) in [7, 11) is 0. The number of thioether (sulfide) groups is 1. The number of aromatic nitrogens is 1. The van der Waals surface area contributed by atoms with E-state index < -0.39 is 0 Å². The van der Waals surface area contributed by atoms with Crippen LogP contribution in [-0.4, -0.2) is 22.2 Å². The molecule has 0 spiro atoms. The number of fused-ring (bicyclic) bond motifs is 1. The Kier molecular flexibility index (Phi) is 4.68. The number of carbonyl (C=O) groups is 1. The van der Waals surface area contributed by atoms with Crippen molar-refractivity contribution in [2.75, 3.05) is 6.54 Å². The molecule has 5 nitrogen and oxygen atoms in total. The minimum Gasteiger partial charge on any atom is -0.378 e. The molecule has 3 rings (SSSR count). The molecule has 7 heteroatoms. The first-order valence-corrected chi connectivity index (χ1v) is 8.76. The summed E-state index contributed by atoms with van der Waals surface area (Å²) in [4.78, 5) is 13.6. The van der Waals surface area contributed by atoms with Gasteiger partial charge in [0.1, 0.15) is 0 Å². The highest BCUT2D eigenvalue weighted by Crippen LogP contribution is 2.29. The normalized spacial score (nSPS) is 10.8. The lowest BCUT2D eigenvalue weighted by Gasteiger charge is -2.06. The SMILES string of the molecule is N=C(N)Sc1cn(CCNC(=O)c2cccs2)c2ccccc12. The van der Waals surface area contributed by atoms with Gasteiger partial charge in [0.15, 0.2) is 5.17 Å². The molecule has 1 aromatic carbocycles. The van der Waals surface area contributed by atoms with Crippen LogP contribution in [0.1, 0.15) is 9.67 Å². The summed E-state index contributed by atoms with van der Waals surface area (Å²) in [5.41, 5.74) is 6.57. The van der Waals surface area contributed by atoms with Crippen LogP contribution in [0, 0.1) is 5.41 Å². The lowest BCUT2D eigenvalue weighted by Crippen LogP contribution is -2.26. The molecule has 0 atom stereocenters. The standard InChI is InChI=1S/C16H16N4OS2/c17-16(18)23-14-10-20(12-5-2-1-4-11(12)14)8-7-19-15(21)13-6-3-9-22-13/h1-6,9-10H,7-8H2,(H3,17,18)(H,19,21). The molecule has 2 heterocycles. The Balaban J connectivity index is 1.72. The van der Waals surface area contributed by atoms with E-state index in [1.54, 1.807) is 0 Å². The Morgan fingerprint density at radius 1 is 1.30 bits per heavy atom. The summed E-state index contributed by atoms with van der Waals surface area (Å²) in [5.74, 6) is -0.0465. The molecule has 0 aliphatic heterocycles. The van der Waals surface area contributed by atoms with E-state index in [-0.39, 0.29) is 11.1 Å². The number of carbonyl (C=O) groups excluding carboxylic acids is 1. The third-order valence-corrected chi connectivity index (χ3v) is 4.99. The van der Waals surface area contributed by atoms with E-state index in [9.17, 15) is 4.79 Å². The first-order valence-electron chi connectivity index (χ1n) is 7.06. The molecule has 4 N–H and O–H groups in total. The maximum Gasteiger partial charge on any atom is 0.261 e. The topological polar surface area (TPSA) is 83.9 Å². The van der Waals surface area contributed by atoms with Crippen LogP contribution in [0.2, 0.25) is 0 Å². The summed E-state index contributed by atoms with van der Waals surface area (Å²) in [6.45, 7) is 1.20. The fraction of sp³-hybridized carbons (Fsp3) is 0.125. The van der Waals surface area contributed by atoms with E-state index in [4.69, 9.17) is 11.1 Å². The van der Waals surface area contributed by atoms with Crippen molar-refractivity contribution in [2.24, 2.45) is 5.73 Å². The van der Waals surface area contributed by atoms with Crippen molar-refractivity contribution in [3.8, 4) is 0 Å². The molecule has 0 bridgehead atoms. The van der Waals surface area contributed by atoms with Crippen LogP contribution >= 0.6 is 23.1 Å². The Bertz CT molecular complexity index is 839. The molecule has 1 amide bonds. The van der Waals surface area contributed by atoms with Crippen LogP contribution < -0.4 is 11.1 Å². The Morgan fingerprint density at radius 2 is 2.13 bits per heavy atom. The number of rotatable bonds is 5. The van der Waals surface area contributed by atoms with Crippen LogP contribution in [0.5, 0.6) is 0 Å². The van der Waals surface area contributed by atoms with Crippen molar-refractivity contribution in [1.82, 2.24) is 9.88 Å². The molecular formula is C16H16N4OS2. The average molecular weight is 344 g/mol. The molecule has 0 aliphatic carbocycles. The predicted molar refractivity (Wildman–Crippen MR) is 96.4 cm³/mol. The van der Waals surface area contributed by atoms with Gasteiger partial charge in [-0.1, -0.05) is 36.0 Å². The highest BCUT2D eigenvalue weighted by Gasteiger charge is 2.10. The molecule has 0 saturated heterocycles. The van der Waals surface area contributed by atoms with Gasteiger partial charge in [-0.05, 0) is 17.5 Å². The smallest absolute Gasteiger partial charge is 0.261 e. The van der Waals surface area contributed by atoms with Crippen LogP contribution in [0.25, 0.3) is 10.9 Å². The summed E-state index contributed by atoms with van der Waals surface area (Å²) >= 11 is 2.67. The molecule has 3 aromatic rings. The second-order valence-electron chi connectivity index (χ2n) is 4.90. The van der Waals surface area contributed by atoms with Crippen molar-refractivity contribution in [1.29, 1.82) is 5.41 Å². The van der Waals surface area contributed by atoms with E-state index in [2.05, 4.69) is 9.88 Å². The Labute approximate surface area is 142 Å². The summed E-state index contributed by atoms with van der Waals surface area (Å²) in [5, 5.41) is 13.4. The van der Waals surface area contributed by atoms with Gasteiger partial charge in [0.2, 0.25) is 0 Å². The van der Waals surface area contributed by atoms with Crippen LogP contribution in [0.15, 0.2) is 52.9 Å². The molecule has 0 aliphatic rings. The second kappa shape index (κ2) is 6.89. The fourth-order valence-electron chi connectivity index (χ4n) is 2.38. The number of nitrogens with zero attached hydrogens (tertiary/aromatic N) is 1. The number of nitrogens with two attached hydrogens (primary N) is 1. The molecule has 2 aromatic heterocycles. The highest BCUT2D eigenvalue weighted by atomic mass is 32.2. The van der Waals surface area contributed by atoms with Gasteiger partial charge in [0, 0.05) is 35.1 Å². The molecular weight excluding hydrogens is 328 g/mol. The summed E-state index contributed by atoms with van der Waals surface area (Å²) < 4.78 is 2.08. The van der Waals surface area contributed by atoms with E-state index in [1.807, 2.05) is 48.0 Å². The lowest BCUT2D eigenvalue weighted by atomic mass is 10.2. The molecule has 0 saturated carbocycles. The van der Waals surface area contributed by atoms with Gasteiger partial charge >= 0.3 is 0 Å². The molecule has 118 valence electrons. The van der Waals surface area contributed by atoms with Gasteiger partial charge in [-0.25, -0.2) is 0 Å². The molecule has 0 fully saturated rings. The Hall–Kier alpha value is -2.25. The van der Waals surface area contributed by atoms with Crippen LogP contribution in [-0.2, 0) is 6.54 Å². The van der Waals surface area contributed by atoms with Gasteiger partial charge in [-0.2, -0.15) is 0 Å². The van der Waals surface area contributed by atoms with E-state index in [0.29, 0.717) is 13.1 Å². The van der Waals surface area contributed by atoms with E-state index in [1.165, 1.54) is 23.1 Å². The number of para-hydroxylation sites is 1. The Morgan fingerprint density at radius 3 is 2.87 bits per heavy atom.